The van der Waals surface area contributed by atoms with Crippen LogP contribution in [0.25, 0.3) is 28.1 Å². The Labute approximate surface area is 202 Å². The molecule has 5 rings (SSSR count). The highest BCUT2D eigenvalue weighted by Crippen LogP contribution is 2.27. The van der Waals surface area contributed by atoms with Gasteiger partial charge in [-0.05, 0) is 48.2 Å². The van der Waals surface area contributed by atoms with Crippen molar-refractivity contribution in [1.82, 2.24) is 24.3 Å². The zero-order valence-electron chi connectivity index (χ0n) is 19.6. The first-order chi connectivity index (χ1) is 17.1. The topological polar surface area (TPSA) is 103 Å². The van der Waals surface area contributed by atoms with Gasteiger partial charge in [0.05, 0.1) is 23.5 Å². The average molecular weight is 465 g/mol. The molecular weight excluding hydrogens is 440 g/mol. The Bertz CT molecular complexity index is 1620. The van der Waals surface area contributed by atoms with E-state index >= 15 is 0 Å². The van der Waals surface area contributed by atoms with Crippen LogP contribution in [-0.2, 0) is 13.0 Å². The second kappa shape index (κ2) is 9.39. The molecule has 0 aliphatic carbocycles. The molecule has 0 atom stereocenters. The molecule has 0 saturated carbocycles. The lowest BCUT2D eigenvalue weighted by atomic mass is 9.95. The molecule has 3 heterocycles. The van der Waals surface area contributed by atoms with Gasteiger partial charge >= 0.3 is 0 Å². The number of hydrogen-bond donors (Lipinski definition) is 0. The summed E-state index contributed by atoms with van der Waals surface area (Å²) in [6, 6.07) is 17.0. The Morgan fingerprint density at radius 3 is 2.77 bits per heavy atom. The molecule has 0 N–H and O–H groups in total. The summed E-state index contributed by atoms with van der Waals surface area (Å²) in [5.74, 6) is 1.10. The van der Waals surface area contributed by atoms with E-state index in [1.54, 1.807) is 42.2 Å². The quantitative estimate of drug-likeness (QED) is 0.343. The van der Waals surface area contributed by atoms with Crippen molar-refractivity contribution in [2.75, 3.05) is 0 Å². The molecule has 35 heavy (non-hydrogen) atoms. The largest absolute Gasteiger partial charge is 0.339 e. The molecular formula is C27H24N6O2. The van der Waals surface area contributed by atoms with Crippen molar-refractivity contribution in [3.8, 4) is 23.1 Å². The number of nitriles is 1. The summed E-state index contributed by atoms with van der Waals surface area (Å²) < 4.78 is 8.67. The molecule has 0 radical (unpaired) electrons. The average Bonchev–Trinajstić information content (AvgIpc) is 3.50. The summed E-state index contributed by atoms with van der Waals surface area (Å²) in [5.41, 5.74) is 5.27. The second-order valence-electron chi connectivity index (χ2n) is 8.44. The monoisotopic (exact) mass is 464 g/mol. The van der Waals surface area contributed by atoms with Crippen molar-refractivity contribution < 1.29 is 4.52 Å². The predicted molar refractivity (Wildman–Crippen MR) is 132 cm³/mol. The molecule has 3 aromatic heterocycles. The van der Waals surface area contributed by atoms with Crippen molar-refractivity contribution in [3.63, 3.8) is 0 Å². The maximum atomic E-state index is 13.5. The second-order valence-corrected chi connectivity index (χ2v) is 8.44. The summed E-state index contributed by atoms with van der Waals surface area (Å²) in [6.45, 7) is 4.42. The Morgan fingerprint density at radius 1 is 1.14 bits per heavy atom. The van der Waals surface area contributed by atoms with Crippen molar-refractivity contribution in [2.45, 2.75) is 39.7 Å². The van der Waals surface area contributed by atoms with Gasteiger partial charge in [-0.2, -0.15) is 10.2 Å². The molecule has 0 amide bonds. The van der Waals surface area contributed by atoms with Gasteiger partial charge in [-0.3, -0.25) is 9.36 Å². The zero-order valence-corrected chi connectivity index (χ0v) is 19.6. The van der Waals surface area contributed by atoms with E-state index < -0.39 is 0 Å². The van der Waals surface area contributed by atoms with Gasteiger partial charge in [0, 0.05) is 30.9 Å². The SMILES string of the molecule is CCCCc1c(Cn2cnc3ccn(-c4cccc(C#N)c4)c(=O)c32)cccc1-c1noc(C)n1. The molecule has 5 aromatic rings. The van der Waals surface area contributed by atoms with Crippen LogP contribution < -0.4 is 5.56 Å². The van der Waals surface area contributed by atoms with Gasteiger partial charge < -0.3 is 9.09 Å². The summed E-state index contributed by atoms with van der Waals surface area (Å²) in [5, 5.41) is 13.4. The molecule has 0 fully saturated rings. The number of pyridine rings is 1. The number of aromatic nitrogens is 5. The number of rotatable bonds is 7. The molecule has 2 aromatic carbocycles. The normalized spacial score (nSPS) is 11.1. The van der Waals surface area contributed by atoms with Crippen LogP contribution in [0.15, 0.2) is 70.4 Å². The molecule has 0 aliphatic rings. The number of unbranched alkanes of at least 4 members (excludes halogenated alkanes) is 1. The minimum absolute atomic E-state index is 0.185. The van der Waals surface area contributed by atoms with Crippen LogP contribution in [0.4, 0.5) is 0 Å². The molecule has 8 heteroatoms. The number of fused-ring (bicyclic) bond motifs is 1. The van der Waals surface area contributed by atoms with Crippen LogP contribution >= 0.6 is 0 Å². The molecule has 8 nitrogen and oxygen atoms in total. The zero-order chi connectivity index (χ0) is 24.4. The van der Waals surface area contributed by atoms with Gasteiger partial charge in [-0.25, -0.2) is 4.98 Å². The standard InChI is InChI=1S/C27H24N6O2/c1-3-4-10-22-20(8-6-11-23(22)26-30-18(2)35-31-26)16-32-17-29-24-12-13-33(27(34)25(24)32)21-9-5-7-19(14-21)15-28/h5-9,11-14,17H,3-4,10,16H2,1-2H3. The van der Waals surface area contributed by atoms with Crippen LogP contribution in [0.2, 0.25) is 0 Å². The molecule has 0 spiro atoms. The molecule has 0 unspecified atom stereocenters. The van der Waals surface area contributed by atoms with E-state index in [1.165, 1.54) is 0 Å². The van der Waals surface area contributed by atoms with Crippen molar-refractivity contribution in [2.24, 2.45) is 0 Å². The van der Waals surface area contributed by atoms with E-state index in [4.69, 9.17) is 4.52 Å². The highest BCUT2D eigenvalue weighted by Gasteiger charge is 2.17. The maximum absolute atomic E-state index is 13.5. The third-order valence-corrected chi connectivity index (χ3v) is 6.08. The number of hydrogen-bond acceptors (Lipinski definition) is 6. The van der Waals surface area contributed by atoms with Crippen molar-refractivity contribution in [3.05, 3.63) is 94.0 Å². The Morgan fingerprint density at radius 2 is 2.00 bits per heavy atom. The Hall–Kier alpha value is -4.51. The van der Waals surface area contributed by atoms with E-state index in [1.807, 2.05) is 28.8 Å². The van der Waals surface area contributed by atoms with E-state index in [0.717, 1.165) is 36.0 Å². The summed E-state index contributed by atoms with van der Waals surface area (Å²) in [6.07, 6.45) is 6.35. The third-order valence-electron chi connectivity index (χ3n) is 6.08. The van der Waals surface area contributed by atoms with Crippen LogP contribution in [0.3, 0.4) is 0 Å². The lowest BCUT2D eigenvalue weighted by Crippen LogP contribution is -2.20. The van der Waals surface area contributed by atoms with Crippen LogP contribution in [-0.4, -0.2) is 24.3 Å². The predicted octanol–water partition coefficient (Wildman–Crippen LogP) is 4.81. The van der Waals surface area contributed by atoms with Gasteiger partial charge in [0.15, 0.2) is 0 Å². The van der Waals surface area contributed by atoms with Gasteiger partial charge in [-0.1, -0.05) is 42.8 Å². The van der Waals surface area contributed by atoms with Gasteiger partial charge in [0.1, 0.15) is 5.52 Å². The number of nitrogens with zero attached hydrogens (tertiary/aromatic N) is 6. The first-order valence-electron chi connectivity index (χ1n) is 11.6. The maximum Gasteiger partial charge on any atom is 0.281 e. The lowest BCUT2D eigenvalue weighted by molar-refractivity contribution is 0.394. The minimum atomic E-state index is -0.185. The Kier molecular flexibility index (Phi) is 5.98. The lowest BCUT2D eigenvalue weighted by Gasteiger charge is -2.14. The minimum Gasteiger partial charge on any atom is -0.339 e. The van der Waals surface area contributed by atoms with E-state index in [2.05, 4.69) is 34.2 Å². The van der Waals surface area contributed by atoms with Crippen LogP contribution in [0.5, 0.6) is 0 Å². The first kappa shape index (κ1) is 22.3. The van der Waals surface area contributed by atoms with Crippen molar-refractivity contribution in [1.29, 1.82) is 5.26 Å². The van der Waals surface area contributed by atoms with Gasteiger partial charge in [0.25, 0.3) is 5.56 Å². The van der Waals surface area contributed by atoms with Crippen LogP contribution in [0.1, 0.15) is 42.3 Å². The van der Waals surface area contributed by atoms with E-state index in [0.29, 0.717) is 40.5 Å². The number of imidazole rings is 1. The molecule has 174 valence electrons. The molecule has 0 bridgehead atoms. The molecule has 0 saturated heterocycles. The van der Waals surface area contributed by atoms with Gasteiger partial charge in [-0.15, -0.1) is 0 Å². The fourth-order valence-electron chi connectivity index (χ4n) is 4.36. The number of aryl methyl sites for hydroxylation is 1. The fourth-order valence-corrected chi connectivity index (χ4v) is 4.36. The summed E-state index contributed by atoms with van der Waals surface area (Å²) in [4.78, 5) is 22.5. The molecule has 0 aliphatic heterocycles. The highest BCUT2D eigenvalue weighted by molar-refractivity contribution is 5.74. The van der Waals surface area contributed by atoms with E-state index in [-0.39, 0.29) is 5.56 Å². The Balaban J connectivity index is 1.61. The fraction of sp³-hybridized carbons (Fsp3) is 0.222. The summed E-state index contributed by atoms with van der Waals surface area (Å²) >= 11 is 0. The first-order valence-corrected chi connectivity index (χ1v) is 11.6. The highest BCUT2D eigenvalue weighted by atomic mass is 16.5. The van der Waals surface area contributed by atoms with Crippen molar-refractivity contribution >= 4 is 11.0 Å². The van der Waals surface area contributed by atoms with Gasteiger partial charge in [0.2, 0.25) is 11.7 Å². The third kappa shape index (κ3) is 4.24. The van der Waals surface area contributed by atoms with E-state index in [9.17, 15) is 10.1 Å². The van der Waals surface area contributed by atoms with Crippen LogP contribution in [0, 0.1) is 18.3 Å². The number of benzene rings is 2. The summed E-state index contributed by atoms with van der Waals surface area (Å²) in [7, 11) is 0. The smallest absolute Gasteiger partial charge is 0.281 e.